The number of alkyl halides is 5. The molecule has 0 amide bonds. The molecule has 0 fully saturated rings. The lowest BCUT2D eigenvalue weighted by Gasteiger charge is -2.15. The van der Waals surface area contributed by atoms with Crippen molar-refractivity contribution >= 4 is 10.0 Å². The fourth-order valence-electron chi connectivity index (χ4n) is 0.355. The molecule has 0 aromatic rings. The first kappa shape index (κ1) is 13.5. The topological polar surface area (TPSA) is 72.2 Å². The van der Waals surface area contributed by atoms with Crippen molar-refractivity contribution in [3.8, 4) is 0 Å². The van der Waals surface area contributed by atoms with Crippen LogP contribution in [0.2, 0.25) is 0 Å². The summed E-state index contributed by atoms with van der Waals surface area (Å²) >= 11 is 0. The van der Waals surface area contributed by atoms with Crippen LogP contribution in [0, 0.1) is 0 Å². The molecule has 0 unspecified atom stereocenters. The monoisotopic (exact) mass is 242 g/mol. The minimum Gasteiger partial charge on any atom is -0.325 e. The van der Waals surface area contributed by atoms with Crippen LogP contribution in [0.15, 0.2) is 0 Å². The standard InChI is InChI=1S/C4H7F5N2O2S/c5-3(6,1-10)2-11-14(12,13)4(7,8)9/h11H,1-2,10H2. The minimum atomic E-state index is -5.73. The maximum atomic E-state index is 12.3. The summed E-state index contributed by atoms with van der Waals surface area (Å²) in [7, 11) is -5.73. The largest absolute Gasteiger partial charge is 0.511 e. The van der Waals surface area contributed by atoms with Crippen molar-refractivity contribution in [1.29, 1.82) is 0 Å². The van der Waals surface area contributed by atoms with E-state index >= 15 is 0 Å². The second-order valence-electron chi connectivity index (χ2n) is 2.33. The molecule has 0 radical (unpaired) electrons. The van der Waals surface area contributed by atoms with Gasteiger partial charge in [-0.1, -0.05) is 0 Å². The van der Waals surface area contributed by atoms with Crippen LogP contribution >= 0.6 is 0 Å². The van der Waals surface area contributed by atoms with Crippen molar-refractivity contribution in [2.45, 2.75) is 11.4 Å². The van der Waals surface area contributed by atoms with Crippen LogP contribution < -0.4 is 10.5 Å². The van der Waals surface area contributed by atoms with Gasteiger partial charge in [-0.3, -0.25) is 0 Å². The van der Waals surface area contributed by atoms with Gasteiger partial charge < -0.3 is 5.73 Å². The highest BCUT2D eigenvalue weighted by Gasteiger charge is 2.47. The zero-order valence-electron chi connectivity index (χ0n) is 6.61. The van der Waals surface area contributed by atoms with Crippen molar-refractivity contribution in [2.75, 3.05) is 13.1 Å². The highest BCUT2D eigenvalue weighted by Crippen LogP contribution is 2.22. The third-order valence-electron chi connectivity index (χ3n) is 1.12. The number of sulfonamides is 1. The summed E-state index contributed by atoms with van der Waals surface area (Å²) in [5.74, 6) is -3.70. The average Bonchev–Trinajstić information content (AvgIpc) is 1.99. The fourth-order valence-corrected chi connectivity index (χ4v) is 0.919. The van der Waals surface area contributed by atoms with E-state index < -0.39 is 34.5 Å². The Morgan fingerprint density at radius 2 is 1.57 bits per heavy atom. The van der Waals surface area contributed by atoms with Crippen LogP contribution in [0.25, 0.3) is 0 Å². The smallest absolute Gasteiger partial charge is 0.325 e. The van der Waals surface area contributed by atoms with E-state index in [4.69, 9.17) is 0 Å². The minimum absolute atomic E-state index is 0.707. The lowest BCUT2D eigenvalue weighted by molar-refractivity contribution is -0.0461. The van der Waals surface area contributed by atoms with Gasteiger partial charge in [0.25, 0.3) is 5.92 Å². The molecule has 0 spiro atoms. The summed E-state index contributed by atoms with van der Waals surface area (Å²) in [6, 6.07) is 0. The number of halogens is 5. The second-order valence-corrected chi connectivity index (χ2v) is 4.09. The van der Waals surface area contributed by atoms with Gasteiger partial charge in [0.15, 0.2) is 0 Å². The van der Waals surface area contributed by atoms with Gasteiger partial charge in [0.2, 0.25) is 0 Å². The Kier molecular flexibility index (Phi) is 3.81. The molecule has 0 aromatic heterocycles. The van der Waals surface area contributed by atoms with E-state index in [1.165, 1.54) is 0 Å². The molecule has 0 rings (SSSR count). The molecule has 0 aromatic carbocycles. The molecule has 0 aliphatic heterocycles. The molecular formula is C4H7F5N2O2S. The zero-order chi connectivity index (χ0) is 11.6. The number of nitrogens with two attached hydrogens (primary N) is 1. The van der Waals surface area contributed by atoms with Crippen LogP contribution in [0.4, 0.5) is 22.0 Å². The number of hydrogen-bond donors (Lipinski definition) is 2. The molecule has 0 saturated heterocycles. The van der Waals surface area contributed by atoms with Gasteiger partial charge in [-0.2, -0.15) is 13.2 Å². The van der Waals surface area contributed by atoms with E-state index in [0.29, 0.717) is 4.72 Å². The highest BCUT2D eigenvalue weighted by molar-refractivity contribution is 7.90. The Balaban J connectivity index is 4.43. The van der Waals surface area contributed by atoms with E-state index in [9.17, 15) is 30.4 Å². The normalized spacial score (nSPS) is 14.4. The molecule has 0 aliphatic rings. The molecule has 0 aliphatic carbocycles. The molecule has 0 atom stereocenters. The van der Waals surface area contributed by atoms with Crippen LogP contribution in [-0.4, -0.2) is 32.9 Å². The molecule has 0 saturated carbocycles. The maximum Gasteiger partial charge on any atom is 0.511 e. The average molecular weight is 242 g/mol. The molecule has 86 valence electrons. The Labute approximate surface area is 76.3 Å². The molecule has 0 bridgehead atoms. The first-order valence-electron chi connectivity index (χ1n) is 3.16. The van der Waals surface area contributed by atoms with Gasteiger partial charge >= 0.3 is 15.5 Å². The summed E-state index contributed by atoms with van der Waals surface area (Å²) in [5, 5.41) is 0. The van der Waals surface area contributed by atoms with Crippen molar-refractivity contribution in [2.24, 2.45) is 5.73 Å². The van der Waals surface area contributed by atoms with Gasteiger partial charge in [0, 0.05) is 0 Å². The van der Waals surface area contributed by atoms with Gasteiger partial charge in [0.05, 0.1) is 13.1 Å². The second kappa shape index (κ2) is 3.95. The summed E-state index contributed by atoms with van der Waals surface area (Å²) in [5.41, 5.74) is -1.12. The highest BCUT2D eigenvalue weighted by atomic mass is 32.2. The van der Waals surface area contributed by atoms with E-state index in [2.05, 4.69) is 5.73 Å². The molecule has 0 heterocycles. The lowest BCUT2D eigenvalue weighted by Crippen LogP contribution is -2.45. The third-order valence-corrected chi connectivity index (χ3v) is 2.26. The fraction of sp³-hybridized carbons (Fsp3) is 1.00. The molecule has 4 nitrogen and oxygen atoms in total. The van der Waals surface area contributed by atoms with Crippen LogP contribution in [-0.2, 0) is 10.0 Å². The number of rotatable bonds is 4. The summed E-state index contributed by atoms with van der Waals surface area (Å²) in [4.78, 5) is 0. The number of hydrogen-bond acceptors (Lipinski definition) is 3. The first-order valence-corrected chi connectivity index (χ1v) is 4.64. The molecule has 14 heavy (non-hydrogen) atoms. The summed E-state index contributed by atoms with van der Waals surface area (Å²) in [6.07, 6.45) is 0. The Hall–Kier alpha value is -0.480. The van der Waals surface area contributed by atoms with Crippen molar-refractivity contribution in [3.63, 3.8) is 0 Å². The Bertz CT molecular complexity index is 285. The molecular weight excluding hydrogens is 235 g/mol. The third kappa shape index (κ3) is 3.72. The zero-order valence-corrected chi connectivity index (χ0v) is 7.42. The maximum absolute atomic E-state index is 12.3. The molecule has 10 heteroatoms. The van der Waals surface area contributed by atoms with E-state index in [0.717, 1.165) is 0 Å². The van der Waals surface area contributed by atoms with E-state index in [1.807, 2.05) is 0 Å². The summed E-state index contributed by atoms with van der Waals surface area (Å²) in [6.45, 7) is -2.92. The van der Waals surface area contributed by atoms with Gasteiger partial charge in [0.1, 0.15) is 0 Å². The van der Waals surface area contributed by atoms with Crippen molar-refractivity contribution in [1.82, 2.24) is 4.72 Å². The van der Waals surface area contributed by atoms with Crippen LogP contribution in [0.5, 0.6) is 0 Å². The van der Waals surface area contributed by atoms with Crippen LogP contribution in [0.1, 0.15) is 0 Å². The Morgan fingerprint density at radius 1 is 1.14 bits per heavy atom. The van der Waals surface area contributed by atoms with Gasteiger partial charge in [-0.25, -0.2) is 21.9 Å². The first-order chi connectivity index (χ1) is 6.02. The van der Waals surface area contributed by atoms with Gasteiger partial charge in [-0.05, 0) is 0 Å². The number of nitrogens with one attached hydrogen (secondary N) is 1. The van der Waals surface area contributed by atoms with Crippen molar-refractivity contribution < 1.29 is 30.4 Å². The quantitative estimate of drug-likeness (QED) is 0.682. The predicted octanol–water partition coefficient (Wildman–Crippen LogP) is 0.0196. The Morgan fingerprint density at radius 3 is 1.86 bits per heavy atom. The van der Waals surface area contributed by atoms with Crippen molar-refractivity contribution in [3.05, 3.63) is 0 Å². The molecule has 3 N–H and O–H groups in total. The SMILES string of the molecule is NCC(F)(F)CNS(=O)(=O)C(F)(F)F. The van der Waals surface area contributed by atoms with Crippen LogP contribution in [0.3, 0.4) is 0 Å². The lowest BCUT2D eigenvalue weighted by atomic mass is 10.3. The van der Waals surface area contributed by atoms with E-state index in [-0.39, 0.29) is 0 Å². The predicted molar refractivity (Wildman–Crippen MR) is 37.0 cm³/mol. The summed E-state index contributed by atoms with van der Waals surface area (Å²) < 4.78 is 80.4. The van der Waals surface area contributed by atoms with Gasteiger partial charge in [-0.15, -0.1) is 0 Å². The van der Waals surface area contributed by atoms with E-state index in [1.54, 1.807) is 0 Å².